The number of fused-ring (bicyclic) bond motifs is 1. The maximum Gasteiger partial charge on any atom is 0.221 e. The Labute approximate surface area is 162 Å². The highest BCUT2D eigenvalue weighted by atomic mass is 35.5. The van der Waals surface area contributed by atoms with Crippen LogP contribution in [0.3, 0.4) is 0 Å². The van der Waals surface area contributed by atoms with Crippen LogP contribution >= 0.6 is 23.4 Å². The number of aromatic nitrogens is 4. The van der Waals surface area contributed by atoms with Crippen molar-refractivity contribution in [3.05, 3.63) is 6.20 Å². The Morgan fingerprint density at radius 3 is 2.81 bits per heavy atom. The molecule has 9 heteroatoms. The summed E-state index contributed by atoms with van der Waals surface area (Å²) in [5, 5.41) is 9.52. The summed E-state index contributed by atoms with van der Waals surface area (Å²) in [5.41, 5.74) is 0.830. The summed E-state index contributed by atoms with van der Waals surface area (Å²) in [6.45, 7) is 7.39. The van der Waals surface area contributed by atoms with E-state index < -0.39 is 0 Å². The molecule has 0 aliphatic carbocycles. The van der Waals surface area contributed by atoms with Crippen LogP contribution in [0.25, 0.3) is 11.0 Å². The fourth-order valence-corrected chi connectivity index (χ4v) is 3.87. The molecule has 0 unspecified atom stereocenters. The Balaban J connectivity index is 1.85. The van der Waals surface area contributed by atoms with Gasteiger partial charge in [0, 0.05) is 37.2 Å². The van der Waals surface area contributed by atoms with Gasteiger partial charge in [0.15, 0.2) is 10.8 Å². The van der Waals surface area contributed by atoms with E-state index in [1.54, 1.807) is 11.8 Å². The van der Waals surface area contributed by atoms with Gasteiger partial charge in [0.25, 0.3) is 0 Å². The smallest absolute Gasteiger partial charge is 0.221 e. The number of carbonyl (C=O) groups excluding carboxylic acids is 1. The third kappa shape index (κ3) is 4.59. The van der Waals surface area contributed by atoms with E-state index in [9.17, 15) is 4.79 Å². The normalized spacial score (nSPS) is 14.5. The monoisotopic (exact) mass is 396 g/mol. The first-order valence-electron chi connectivity index (χ1n) is 9.06. The van der Waals surface area contributed by atoms with Crippen molar-refractivity contribution in [3.8, 4) is 0 Å². The summed E-state index contributed by atoms with van der Waals surface area (Å²) in [6.07, 6.45) is 4.56. The first-order chi connectivity index (χ1) is 12.6. The van der Waals surface area contributed by atoms with Crippen molar-refractivity contribution in [3.63, 3.8) is 0 Å². The molecule has 0 spiro atoms. The lowest BCUT2D eigenvalue weighted by Gasteiger charge is -2.18. The third-order valence-electron chi connectivity index (χ3n) is 4.17. The van der Waals surface area contributed by atoms with Crippen LogP contribution in [0.4, 0.5) is 5.82 Å². The van der Waals surface area contributed by atoms with Gasteiger partial charge in [-0.05, 0) is 12.8 Å². The maximum atomic E-state index is 11.6. The largest absolute Gasteiger partial charge is 0.356 e. The van der Waals surface area contributed by atoms with E-state index in [1.807, 2.05) is 10.9 Å². The van der Waals surface area contributed by atoms with Gasteiger partial charge in [0.2, 0.25) is 5.91 Å². The van der Waals surface area contributed by atoms with Gasteiger partial charge in [-0.3, -0.25) is 4.79 Å². The molecule has 0 bridgehead atoms. The topological polar surface area (TPSA) is 75.9 Å². The zero-order chi connectivity index (χ0) is 18.5. The van der Waals surface area contributed by atoms with Gasteiger partial charge < -0.3 is 10.2 Å². The highest BCUT2D eigenvalue weighted by Gasteiger charge is 2.21. The lowest BCUT2D eigenvalue weighted by molar-refractivity contribution is -0.120. The number of halogens is 1. The number of nitrogens with one attached hydrogen (secondary N) is 1. The van der Waals surface area contributed by atoms with Crippen LogP contribution in [0.2, 0.25) is 0 Å². The summed E-state index contributed by atoms with van der Waals surface area (Å²) >= 11 is 7.25. The summed E-state index contributed by atoms with van der Waals surface area (Å²) in [5.74, 6) is 1.27. The van der Waals surface area contributed by atoms with Crippen molar-refractivity contribution in [2.75, 3.05) is 30.4 Å². The first-order valence-corrected chi connectivity index (χ1v) is 10.5. The number of thioether (sulfide) groups is 1. The molecule has 0 atom stereocenters. The highest BCUT2D eigenvalue weighted by molar-refractivity contribution is 7.99. The predicted octanol–water partition coefficient (Wildman–Crippen LogP) is 2.67. The van der Waals surface area contributed by atoms with E-state index in [2.05, 4.69) is 29.2 Å². The van der Waals surface area contributed by atoms with Crippen LogP contribution in [-0.4, -0.2) is 56.4 Å². The molecule has 142 valence electrons. The van der Waals surface area contributed by atoms with E-state index in [-0.39, 0.29) is 5.91 Å². The van der Waals surface area contributed by atoms with Crippen LogP contribution < -0.4 is 10.2 Å². The summed E-state index contributed by atoms with van der Waals surface area (Å²) in [6, 6.07) is 0. The molecule has 0 aromatic carbocycles. The minimum absolute atomic E-state index is 0.0418. The molecule has 1 aliphatic heterocycles. The van der Waals surface area contributed by atoms with Gasteiger partial charge in [-0.15, -0.1) is 11.6 Å². The molecular formula is C17H25ClN6OS. The number of carbonyl (C=O) groups is 1. The van der Waals surface area contributed by atoms with E-state index in [1.165, 1.54) is 12.8 Å². The molecule has 0 radical (unpaired) electrons. The number of nitrogens with zero attached hydrogens (tertiary/aromatic N) is 5. The van der Waals surface area contributed by atoms with Gasteiger partial charge in [0.05, 0.1) is 18.1 Å². The van der Waals surface area contributed by atoms with Crippen molar-refractivity contribution in [2.45, 2.75) is 50.1 Å². The van der Waals surface area contributed by atoms with E-state index >= 15 is 0 Å². The van der Waals surface area contributed by atoms with E-state index in [0.717, 1.165) is 35.1 Å². The molecule has 1 aliphatic rings. The molecule has 3 rings (SSSR count). The van der Waals surface area contributed by atoms with E-state index in [0.29, 0.717) is 30.6 Å². The van der Waals surface area contributed by atoms with Gasteiger partial charge in [-0.2, -0.15) is 5.10 Å². The van der Waals surface area contributed by atoms with Crippen LogP contribution in [-0.2, 0) is 11.3 Å². The van der Waals surface area contributed by atoms with Crippen molar-refractivity contribution in [1.29, 1.82) is 0 Å². The molecule has 0 saturated carbocycles. The molecular weight excluding hydrogens is 372 g/mol. The standard InChI is InChI=1S/C17H25ClN6OS/c1-12(2)26-17-21-15(23-8-3-4-9-23)13-11-20-24(16(13)22-17)10-7-19-14(25)5-6-18/h11-12H,3-10H2,1-2H3,(H,19,25). The summed E-state index contributed by atoms with van der Waals surface area (Å²) in [7, 11) is 0. The maximum absolute atomic E-state index is 11.6. The third-order valence-corrected chi connectivity index (χ3v) is 5.22. The second kappa shape index (κ2) is 8.90. The number of rotatable bonds is 8. The first kappa shape index (κ1) is 19.2. The SMILES string of the molecule is CC(C)Sc1nc(N2CCCC2)c2cnn(CCNC(=O)CCCl)c2n1. The van der Waals surface area contributed by atoms with Gasteiger partial charge in [-0.25, -0.2) is 14.6 Å². The number of hydrogen-bond acceptors (Lipinski definition) is 6. The molecule has 3 heterocycles. The molecule has 1 fully saturated rings. The zero-order valence-corrected chi connectivity index (χ0v) is 16.8. The molecule has 1 N–H and O–H groups in total. The van der Waals surface area contributed by atoms with E-state index in [4.69, 9.17) is 21.6 Å². The fourth-order valence-electron chi connectivity index (χ4n) is 2.99. The Hall–Kier alpha value is -1.54. The lowest BCUT2D eigenvalue weighted by atomic mass is 10.3. The van der Waals surface area contributed by atoms with Gasteiger partial charge in [0.1, 0.15) is 5.82 Å². The van der Waals surface area contributed by atoms with Crippen LogP contribution in [0.1, 0.15) is 33.1 Å². The van der Waals surface area contributed by atoms with Crippen LogP contribution in [0.15, 0.2) is 11.4 Å². The average Bonchev–Trinajstić information content (AvgIpc) is 3.24. The fraction of sp³-hybridized carbons (Fsp3) is 0.647. The second-order valence-electron chi connectivity index (χ2n) is 6.58. The molecule has 1 saturated heterocycles. The van der Waals surface area contributed by atoms with Crippen LogP contribution in [0.5, 0.6) is 0 Å². The summed E-state index contributed by atoms with van der Waals surface area (Å²) < 4.78 is 1.85. The predicted molar refractivity (Wildman–Crippen MR) is 106 cm³/mol. The van der Waals surface area contributed by atoms with Crippen molar-refractivity contribution in [2.24, 2.45) is 0 Å². The molecule has 2 aromatic heterocycles. The Morgan fingerprint density at radius 2 is 2.12 bits per heavy atom. The number of alkyl halides is 1. The Morgan fingerprint density at radius 1 is 1.35 bits per heavy atom. The van der Waals surface area contributed by atoms with Crippen molar-refractivity contribution >= 4 is 46.1 Å². The summed E-state index contributed by atoms with van der Waals surface area (Å²) in [4.78, 5) is 23.4. The van der Waals surface area contributed by atoms with Gasteiger partial charge in [-0.1, -0.05) is 25.6 Å². The number of amides is 1. The van der Waals surface area contributed by atoms with Crippen molar-refractivity contribution < 1.29 is 4.79 Å². The minimum Gasteiger partial charge on any atom is -0.356 e. The molecule has 1 amide bonds. The highest BCUT2D eigenvalue weighted by Crippen LogP contribution is 2.30. The molecule has 26 heavy (non-hydrogen) atoms. The average molecular weight is 397 g/mol. The number of hydrogen-bond donors (Lipinski definition) is 1. The molecule has 7 nitrogen and oxygen atoms in total. The number of anilines is 1. The Bertz CT molecular complexity index is 759. The van der Waals surface area contributed by atoms with Crippen LogP contribution in [0, 0.1) is 0 Å². The Kier molecular flexibility index (Phi) is 6.58. The zero-order valence-electron chi connectivity index (χ0n) is 15.2. The van der Waals surface area contributed by atoms with Gasteiger partial charge >= 0.3 is 0 Å². The molecule has 2 aromatic rings. The van der Waals surface area contributed by atoms with Crippen molar-refractivity contribution in [1.82, 2.24) is 25.1 Å². The minimum atomic E-state index is -0.0418. The lowest BCUT2D eigenvalue weighted by Crippen LogP contribution is -2.27. The second-order valence-corrected chi connectivity index (χ2v) is 8.51. The quantitative estimate of drug-likeness (QED) is 0.420.